The van der Waals surface area contributed by atoms with Crippen molar-refractivity contribution in [3.63, 3.8) is 0 Å². The van der Waals surface area contributed by atoms with Crippen molar-refractivity contribution < 1.29 is 23.5 Å². The topological polar surface area (TPSA) is 102 Å². The largest absolute Gasteiger partial charge is 0.420 e. The van der Waals surface area contributed by atoms with Gasteiger partial charge in [-0.15, -0.1) is 0 Å². The third-order valence-electron chi connectivity index (χ3n) is 3.68. The van der Waals surface area contributed by atoms with E-state index < -0.39 is 29.4 Å². The van der Waals surface area contributed by atoms with Gasteiger partial charge in [-0.25, -0.2) is 9.18 Å². The van der Waals surface area contributed by atoms with E-state index in [0.717, 1.165) is 10.6 Å². The van der Waals surface area contributed by atoms with E-state index in [9.17, 15) is 18.8 Å². The molecule has 1 unspecified atom stereocenters. The number of halogens is 1. The van der Waals surface area contributed by atoms with Gasteiger partial charge in [0.15, 0.2) is 5.58 Å². The van der Waals surface area contributed by atoms with Crippen LogP contribution in [-0.2, 0) is 16.0 Å². The summed E-state index contributed by atoms with van der Waals surface area (Å²) in [4.78, 5) is 35.1. The summed E-state index contributed by atoms with van der Waals surface area (Å²) in [7, 11) is 0. The second-order valence-corrected chi connectivity index (χ2v) is 5.09. The van der Waals surface area contributed by atoms with Crippen LogP contribution in [0.25, 0.3) is 11.1 Å². The van der Waals surface area contributed by atoms with Gasteiger partial charge in [0.2, 0.25) is 11.8 Å². The Hall–Kier alpha value is -2.48. The number of nitrogens with zero attached hydrogens (tertiary/aromatic N) is 1. The first kappa shape index (κ1) is 14.5. The molecule has 1 fully saturated rings. The van der Waals surface area contributed by atoms with Crippen molar-refractivity contribution in [2.45, 2.75) is 25.3 Å². The minimum Gasteiger partial charge on any atom is -0.408 e. The van der Waals surface area contributed by atoms with Crippen LogP contribution in [0, 0.1) is 5.82 Å². The number of aliphatic hydroxyl groups is 1. The highest BCUT2D eigenvalue weighted by Crippen LogP contribution is 2.25. The summed E-state index contributed by atoms with van der Waals surface area (Å²) in [5.41, 5.74) is 0.511. The van der Waals surface area contributed by atoms with E-state index in [2.05, 4.69) is 5.32 Å². The van der Waals surface area contributed by atoms with Crippen molar-refractivity contribution in [3.8, 4) is 0 Å². The lowest BCUT2D eigenvalue weighted by Gasteiger charge is -2.21. The lowest BCUT2D eigenvalue weighted by molar-refractivity contribution is -0.135. The molecule has 3 rings (SSSR count). The Morgan fingerprint density at radius 1 is 1.36 bits per heavy atom. The molecule has 2 N–H and O–H groups in total. The first-order valence-electron chi connectivity index (χ1n) is 6.79. The number of oxazole rings is 1. The maximum Gasteiger partial charge on any atom is 0.420 e. The van der Waals surface area contributed by atoms with E-state index in [1.165, 1.54) is 6.07 Å². The number of fused-ring (bicyclic) bond motifs is 1. The highest BCUT2D eigenvalue weighted by atomic mass is 19.1. The van der Waals surface area contributed by atoms with Crippen LogP contribution < -0.4 is 11.1 Å². The highest BCUT2D eigenvalue weighted by Gasteiger charge is 2.31. The number of hydrogen-bond donors (Lipinski definition) is 2. The van der Waals surface area contributed by atoms with Crippen LogP contribution in [0.3, 0.4) is 0 Å². The van der Waals surface area contributed by atoms with E-state index in [4.69, 9.17) is 9.52 Å². The maximum atomic E-state index is 14.0. The zero-order chi connectivity index (χ0) is 15.9. The van der Waals surface area contributed by atoms with Gasteiger partial charge in [0.25, 0.3) is 0 Å². The summed E-state index contributed by atoms with van der Waals surface area (Å²) in [5, 5.41) is 11.0. The number of nitrogens with one attached hydrogen (secondary N) is 1. The fourth-order valence-electron chi connectivity index (χ4n) is 2.63. The quantitative estimate of drug-likeness (QED) is 0.791. The summed E-state index contributed by atoms with van der Waals surface area (Å²) in [6.07, 6.45) is 0.342. The predicted octanol–water partition coefficient (Wildman–Crippen LogP) is 0.246. The van der Waals surface area contributed by atoms with E-state index in [0.29, 0.717) is 0 Å². The molecule has 2 aromatic rings. The Kier molecular flexibility index (Phi) is 3.53. The van der Waals surface area contributed by atoms with E-state index in [1.54, 1.807) is 0 Å². The summed E-state index contributed by atoms with van der Waals surface area (Å²) in [6.45, 7) is -0.236. The Balaban J connectivity index is 2.12. The molecule has 1 saturated heterocycles. The second kappa shape index (κ2) is 5.38. The fraction of sp³-hybridized carbons (Fsp3) is 0.357. The Morgan fingerprint density at radius 3 is 2.82 bits per heavy atom. The summed E-state index contributed by atoms with van der Waals surface area (Å²) in [6, 6.07) is 1.54. The summed E-state index contributed by atoms with van der Waals surface area (Å²) in [5.74, 6) is -2.40. The first-order valence-corrected chi connectivity index (χ1v) is 6.79. The van der Waals surface area contributed by atoms with Crippen LogP contribution in [0.15, 0.2) is 21.3 Å². The second-order valence-electron chi connectivity index (χ2n) is 5.09. The number of benzene rings is 1. The van der Waals surface area contributed by atoms with Crippen molar-refractivity contribution in [3.05, 3.63) is 34.1 Å². The van der Waals surface area contributed by atoms with Gasteiger partial charge in [0, 0.05) is 19.1 Å². The SMILES string of the molecule is O=C1CCC(n2c(=O)oc3cc(CCO)c(F)cc32)C(=O)N1. The third-order valence-corrected chi connectivity index (χ3v) is 3.68. The molecule has 0 saturated carbocycles. The Labute approximate surface area is 123 Å². The lowest BCUT2D eigenvalue weighted by Crippen LogP contribution is -2.43. The smallest absolute Gasteiger partial charge is 0.408 e. The lowest BCUT2D eigenvalue weighted by atomic mass is 10.1. The molecule has 0 aliphatic carbocycles. The van der Waals surface area contributed by atoms with E-state index >= 15 is 0 Å². The molecule has 116 valence electrons. The van der Waals surface area contributed by atoms with Crippen LogP contribution in [0.2, 0.25) is 0 Å². The normalized spacial score (nSPS) is 18.7. The van der Waals surface area contributed by atoms with Crippen LogP contribution in [-0.4, -0.2) is 28.1 Å². The van der Waals surface area contributed by atoms with Crippen LogP contribution in [0.4, 0.5) is 4.39 Å². The molecule has 1 aliphatic rings. The van der Waals surface area contributed by atoms with Crippen molar-refractivity contribution in [2.24, 2.45) is 0 Å². The van der Waals surface area contributed by atoms with Gasteiger partial charge in [-0.05, 0) is 24.5 Å². The van der Waals surface area contributed by atoms with Gasteiger partial charge >= 0.3 is 5.76 Å². The van der Waals surface area contributed by atoms with E-state index in [1.807, 2.05) is 0 Å². The molecule has 0 bridgehead atoms. The molecule has 1 atom stereocenters. The maximum absolute atomic E-state index is 14.0. The van der Waals surface area contributed by atoms with E-state index in [-0.39, 0.29) is 42.5 Å². The molecule has 2 amide bonds. The van der Waals surface area contributed by atoms with Gasteiger partial charge in [0.1, 0.15) is 11.9 Å². The predicted molar refractivity (Wildman–Crippen MR) is 72.6 cm³/mol. The number of aromatic nitrogens is 1. The molecule has 1 aromatic carbocycles. The van der Waals surface area contributed by atoms with Crippen LogP contribution in [0.1, 0.15) is 24.4 Å². The van der Waals surface area contributed by atoms with Gasteiger partial charge < -0.3 is 9.52 Å². The minimum absolute atomic E-state index is 0.0923. The van der Waals surface area contributed by atoms with Crippen LogP contribution >= 0.6 is 0 Å². The number of aliphatic hydroxyl groups excluding tert-OH is 1. The van der Waals surface area contributed by atoms with Gasteiger partial charge in [-0.2, -0.15) is 0 Å². The number of amides is 2. The molecule has 2 heterocycles. The Bertz CT molecular complexity index is 822. The minimum atomic E-state index is -0.908. The highest BCUT2D eigenvalue weighted by molar-refractivity contribution is 6.00. The average molecular weight is 308 g/mol. The zero-order valence-corrected chi connectivity index (χ0v) is 11.5. The summed E-state index contributed by atoms with van der Waals surface area (Å²) >= 11 is 0. The van der Waals surface area contributed by atoms with Gasteiger partial charge in [-0.1, -0.05) is 0 Å². The molecule has 1 aliphatic heterocycles. The molecule has 8 heteroatoms. The standard InChI is InChI=1S/C14H13FN2O5/c15-8-6-10-11(5-7(8)3-4-18)22-14(21)17(10)9-1-2-12(19)16-13(9)20/h5-6,9,18H,1-4H2,(H,16,19,20). The molecular weight excluding hydrogens is 295 g/mol. The number of hydrogen-bond acceptors (Lipinski definition) is 5. The fourth-order valence-corrected chi connectivity index (χ4v) is 2.63. The van der Waals surface area contributed by atoms with Gasteiger partial charge in [0.05, 0.1) is 5.52 Å². The molecule has 7 nitrogen and oxygen atoms in total. The van der Waals surface area contributed by atoms with Crippen molar-refractivity contribution in [1.29, 1.82) is 0 Å². The Morgan fingerprint density at radius 2 is 2.14 bits per heavy atom. The van der Waals surface area contributed by atoms with Crippen molar-refractivity contribution >= 4 is 22.9 Å². The van der Waals surface area contributed by atoms with Crippen molar-refractivity contribution in [1.82, 2.24) is 9.88 Å². The number of carbonyl (C=O) groups excluding carboxylic acids is 2. The number of imide groups is 1. The molecule has 0 spiro atoms. The monoisotopic (exact) mass is 308 g/mol. The zero-order valence-electron chi connectivity index (χ0n) is 11.5. The molecule has 1 aromatic heterocycles. The number of carbonyl (C=O) groups is 2. The van der Waals surface area contributed by atoms with Crippen LogP contribution in [0.5, 0.6) is 0 Å². The summed E-state index contributed by atoms with van der Waals surface area (Å²) < 4.78 is 20.1. The number of piperidine rings is 1. The average Bonchev–Trinajstić information content (AvgIpc) is 2.75. The van der Waals surface area contributed by atoms with Gasteiger partial charge in [-0.3, -0.25) is 19.5 Å². The number of rotatable bonds is 3. The van der Waals surface area contributed by atoms with Crippen molar-refractivity contribution in [2.75, 3.05) is 6.61 Å². The molecule has 0 radical (unpaired) electrons. The molecular formula is C14H13FN2O5. The first-order chi connectivity index (χ1) is 10.5. The molecule has 22 heavy (non-hydrogen) atoms. The third kappa shape index (κ3) is 2.31.